The van der Waals surface area contributed by atoms with Crippen LogP contribution in [0.3, 0.4) is 0 Å². The highest BCUT2D eigenvalue weighted by Gasteiger charge is 2.95. The number of hydrogen-bond donors (Lipinski definition) is 0. The van der Waals surface area contributed by atoms with Crippen LogP contribution in [0.1, 0.15) is 5.56 Å². The first kappa shape index (κ1) is 41.4. The fraction of sp³-hybridized carbons (Fsp3) is 0.360. The normalized spacial score (nSPS) is 14.5. The molecule has 0 bridgehead atoms. The standard InChI is InChI=1S/C17H15S2.C8HF17O3S/c1-14-12-17(18-13-14)19(15-8-4-2-5-9-15)16-10-6-3-7-11-16;9-1(10,3(13,14)5(17,18)7(21,22)23)2(11,12)4(15,16)6(19,20)8(24,25)29(26,27)28/h2-13H,1H3;(H,26,27,28)/q+1;/p-1. The highest BCUT2D eigenvalue weighted by atomic mass is 32.2. The van der Waals surface area contributed by atoms with Crippen LogP contribution < -0.4 is 0 Å². The Kier molecular flexibility index (Phi) is 11.3. The molecule has 0 aliphatic heterocycles. The molecule has 0 radical (unpaired) electrons. The maximum absolute atomic E-state index is 13.0. The minimum Gasteiger partial charge on any atom is -0.743 e. The number of rotatable bonds is 10. The van der Waals surface area contributed by atoms with Crippen molar-refractivity contribution in [1.29, 1.82) is 0 Å². The first-order valence-corrected chi connectivity index (χ1v) is 15.4. The van der Waals surface area contributed by atoms with Crippen LogP contribution in [0.2, 0.25) is 0 Å². The summed E-state index contributed by atoms with van der Waals surface area (Å²) in [5.74, 6) is -52.1. The van der Waals surface area contributed by atoms with Crippen molar-refractivity contribution < 1.29 is 87.6 Å². The second-order valence-corrected chi connectivity index (χ2v) is 13.9. The molecule has 3 nitrogen and oxygen atoms in total. The van der Waals surface area contributed by atoms with Gasteiger partial charge in [-0.15, -0.1) is 0 Å². The van der Waals surface area contributed by atoms with Crippen molar-refractivity contribution in [2.45, 2.75) is 67.9 Å². The van der Waals surface area contributed by atoms with Gasteiger partial charge in [-0.3, -0.25) is 0 Å². The van der Waals surface area contributed by atoms with E-state index in [0.717, 1.165) is 0 Å². The van der Waals surface area contributed by atoms with Gasteiger partial charge >= 0.3 is 47.0 Å². The van der Waals surface area contributed by atoms with Crippen molar-refractivity contribution in [2.75, 3.05) is 0 Å². The lowest BCUT2D eigenvalue weighted by molar-refractivity contribution is -0.458. The molecular formula is C25H15F17O3S3. The van der Waals surface area contributed by atoms with Crippen LogP contribution in [0.15, 0.2) is 86.1 Å². The number of hydrogen-bond acceptors (Lipinski definition) is 4. The SMILES string of the molecule is Cc1csc([S+](c2ccccc2)c2ccccc2)c1.O=S(=O)([O-])C(F)(F)C(F)(F)C(F)(F)C(F)(F)C(F)(F)C(F)(F)C(F)(F)C(F)(F)F. The van der Waals surface area contributed by atoms with Gasteiger partial charge in [0.15, 0.2) is 19.9 Å². The molecule has 1 heterocycles. The van der Waals surface area contributed by atoms with E-state index in [1.165, 1.54) is 19.6 Å². The summed E-state index contributed by atoms with van der Waals surface area (Å²) < 4.78 is 245. The van der Waals surface area contributed by atoms with E-state index in [9.17, 15) is 87.6 Å². The summed E-state index contributed by atoms with van der Waals surface area (Å²) in [6, 6.07) is 23.9. The van der Waals surface area contributed by atoms with Crippen LogP contribution in [-0.4, -0.2) is 59.9 Å². The molecule has 0 amide bonds. The Labute approximate surface area is 265 Å². The van der Waals surface area contributed by atoms with Gasteiger partial charge in [-0.1, -0.05) is 47.7 Å². The summed E-state index contributed by atoms with van der Waals surface area (Å²) >= 11 is 1.86. The molecule has 0 atom stereocenters. The zero-order valence-corrected chi connectivity index (χ0v) is 25.3. The molecule has 0 saturated heterocycles. The third-order valence-corrected chi connectivity index (χ3v) is 10.4. The molecule has 0 aliphatic rings. The molecular weight excluding hydrogens is 767 g/mol. The molecule has 0 fully saturated rings. The molecule has 3 aromatic rings. The smallest absolute Gasteiger partial charge is 0.460 e. The quantitative estimate of drug-likeness (QED) is 0.117. The van der Waals surface area contributed by atoms with Crippen LogP contribution in [-0.2, 0) is 21.0 Å². The third-order valence-electron chi connectivity index (χ3n) is 5.87. The van der Waals surface area contributed by atoms with Crippen LogP contribution in [0.4, 0.5) is 74.6 Å². The largest absolute Gasteiger partial charge is 0.743 e. The fourth-order valence-corrected chi connectivity index (χ4v) is 7.37. The predicted octanol–water partition coefficient (Wildman–Crippen LogP) is 9.65. The Morgan fingerprint density at radius 1 is 0.562 bits per heavy atom. The number of alkyl halides is 17. The molecule has 3 rings (SSSR count). The highest BCUT2D eigenvalue weighted by Crippen LogP contribution is 2.64. The van der Waals surface area contributed by atoms with Crippen molar-refractivity contribution in [3.8, 4) is 0 Å². The molecule has 48 heavy (non-hydrogen) atoms. The molecule has 0 aliphatic carbocycles. The van der Waals surface area contributed by atoms with E-state index >= 15 is 0 Å². The molecule has 23 heteroatoms. The van der Waals surface area contributed by atoms with E-state index in [-0.39, 0.29) is 10.9 Å². The Morgan fingerprint density at radius 3 is 1.19 bits per heavy atom. The average Bonchev–Trinajstić information content (AvgIpc) is 3.38. The summed E-state index contributed by atoms with van der Waals surface area (Å²) in [6.07, 6.45) is -7.89. The number of benzene rings is 2. The van der Waals surface area contributed by atoms with E-state index in [0.29, 0.717) is 0 Å². The lowest BCUT2D eigenvalue weighted by Gasteiger charge is -2.42. The maximum Gasteiger partial charge on any atom is 0.460 e. The lowest BCUT2D eigenvalue weighted by Crippen LogP contribution is -2.75. The number of aryl methyl sites for hydroxylation is 1. The Balaban J connectivity index is 0.000000359. The minimum atomic E-state index is -8.92. The Morgan fingerprint density at radius 2 is 0.896 bits per heavy atom. The predicted molar refractivity (Wildman–Crippen MR) is 134 cm³/mol. The van der Waals surface area contributed by atoms with Gasteiger partial charge in [0, 0.05) is 6.07 Å². The number of thiophene rings is 1. The number of halogens is 17. The van der Waals surface area contributed by atoms with E-state index in [2.05, 4.69) is 79.0 Å². The van der Waals surface area contributed by atoms with E-state index in [1.807, 2.05) is 11.3 Å². The molecule has 2 aromatic carbocycles. The Hall–Kier alpha value is -2.79. The van der Waals surface area contributed by atoms with Crippen LogP contribution in [0, 0.1) is 6.92 Å². The van der Waals surface area contributed by atoms with Gasteiger partial charge in [0.25, 0.3) is 0 Å². The fourth-order valence-electron chi connectivity index (χ4n) is 3.30. The zero-order chi connectivity index (χ0) is 37.6. The summed E-state index contributed by atoms with van der Waals surface area (Å²) in [4.78, 5) is 2.77. The maximum atomic E-state index is 13.0. The molecule has 0 unspecified atom stereocenters. The lowest BCUT2D eigenvalue weighted by atomic mass is 9.91. The van der Waals surface area contributed by atoms with Gasteiger partial charge < -0.3 is 4.55 Å². The summed E-state index contributed by atoms with van der Waals surface area (Å²) in [6.45, 7) is 2.16. The van der Waals surface area contributed by atoms with Crippen LogP contribution in [0.25, 0.3) is 0 Å². The average molecular weight is 783 g/mol. The van der Waals surface area contributed by atoms with Gasteiger partial charge in [0.1, 0.15) is 10.9 Å². The van der Waals surface area contributed by atoms with Crippen molar-refractivity contribution in [3.05, 3.63) is 77.7 Å². The molecule has 270 valence electrons. The van der Waals surface area contributed by atoms with Crippen LogP contribution >= 0.6 is 11.3 Å². The molecule has 1 aromatic heterocycles. The van der Waals surface area contributed by atoms with Crippen molar-refractivity contribution in [2.24, 2.45) is 0 Å². The molecule has 0 spiro atoms. The first-order chi connectivity index (χ1) is 21.3. The topological polar surface area (TPSA) is 57.2 Å². The van der Waals surface area contributed by atoms with Gasteiger partial charge in [-0.25, -0.2) is 8.42 Å². The molecule has 0 N–H and O–H groups in total. The summed E-state index contributed by atoms with van der Waals surface area (Å²) in [7, 11) is -8.12. The van der Waals surface area contributed by atoms with Crippen LogP contribution in [0.5, 0.6) is 0 Å². The van der Waals surface area contributed by atoms with Gasteiger partial charge in [0.2, 0.25) is 4.21 Å². The summed E-state index contributed by atoms with van der Waals surface area (Å²) in [5.41, 5.74) is 1.35. The second kappa shape index (κ2) is 13.2. The van der Waals surface area contributed by atoms with E-state index in [1.54, 1.807) is 0 Å². The van der Waals surface area contributed by atoms with E-state index < -0.39 is 57.1 Å². The minimum absolute atomic E-state index is 0.0247. The second-order valence-electron chi connectivity index (χ2n) is 9.29. The van der Waals surface area contributed by atoms with E-state index in [4.69, 9.17) is 0 Å². The zero-order valence-electron chi connectivity index (χ0n) is 22.8. The van der Waals surface area contributed by atoms with Gasteiger partial charge in [-0.05, 0) is 42.1 Å². The highest BCUT2D eigenvalue weighted by molar-refractivity contribution is 7.98. The van der Waals surface area contributed by atoms with Crippen molar-refractivity contribution in [3.63, 3.8) is 0 Å². The first-order valence-electron chi connectivity index (χ1n) is 11.9. The third kappa shape index (κ3) is 6.82. The molecule has 0 saturated carbocycles. The van der Waals surface area contributed by atoms with Crippen molar-refractivity contribution in [1.82, 2.24) is 0 Å². The van der Waals surface area contributed by atoms with Gasteiger partial charge in [0.05, 0.1) is 0 Å². The van der Waals surface area contributed by atoms with Crippen molar-refractivity contribution >= 4 is 32.3 Å². The monoisotopic (exact) mass is 782 g/mol. The summed E-state index contributed by atoms with van der Waals surface area (Å²) in [5, 5.41) is -5.72. The Bertz CT molecular complexity index is 1600. The van der Waals surface area contributed by atoms with Gasteiger partial charge in [-0.2, -0.15) is 74.6 Å².